The number of nitrogens with two attached hydrogens (primary N) is 1. The average Bonchev–Trinajstić information content (AvgIpc) is 1.98. The maximum absolute atomic E-state index is 11.0. The van der Waals surface area contributed by atoms with Crippen LogP contribution in [0.4, 0.5) is 0 Å². The summed E-state index contributed by atoms with van der Waals surface area (Å²) in [6.07, 6.45) is -1.08. The number of aliphatic carboxylic acids is 1. The molecule has 0 aromatic carbocycles. The zero-order valence-corrected chi connectivity index (χ0v) is 7.36. The second-order valence-electron chi connectivity index (χ2n) is 2.80. The Kier molecular flexibility index (Phi) is 5.01. The molecule has 2 atom stereocenters. The molecular weight excluding hydrogens is 176 g/mol. The van der Waals surface area contributed by atoms with Gasteiger partial charge in [-0.25, -0.2) is 0 Å². The molecule has 0 aliphatic heterocycles. The van der Waals surface area contributed by atoms with Gasteiger partial charge in [-0.15, -0.1) is 0 Å². The van der Waals surface area contributed by atoms with Crippen LogP contribution >= 0.6 is 0 Å². The first-order valence-corrected chi connectivity index (χ1v) is 3.86. The van der Waals surface area contributed by atoms with E-state index < -0.39 is 30.4 Å². The molecule has 0 fully saturated rings. The van der Waals surface area contributed by atoms with Gasteiger partial charge in [0.2, 0.25) is 5.91 Å². The Bertz CT molecular complexity index is 193. The lowest BCUT2D eigenvalue weighted by Crippen LogP contribution is -2.44. The zero-order chi connectivity index (χ0) is 10.4. The minimum atomic E-state index is -1.13. The van der Waals surface area contributed by atoms with Crippen LogP contribution in [0.2, 0.25) is 0 Å². The Labute approximate surface area is 75.7 Å². The van der Waals surface area contributed by atoms with E-state index in [1.807, 2.05) is 0 Å². The van der Waals surface area contributed by atoms with Crippen molar-refractivity contribution < 1.29 is 19.8 Å². The molecular formula is C7H14N2O4. The Hall–Kier alpha value is -1.14. The number of carboxylic acids is 1. The smallest absolute Gasteiger partial charge is 0.305 e. The van der Waals surface area contributed by atoms with Gasteiger partial charge in [0.05, 0.1) is 18.6 Å². The summed E-state index contributed by atoms with van der Waals surface area (Å²) in [7, 11) is 0. The minimum absolute atomic E-state index is 0.0755. The lowest BCUT2D eigenvalue weighted by atomic mass is 10.2. The fraction of sp³-hybridized carbons (Fsp3) is 0.714. The van der Waals surface area contributed by atoms with E-state index in [9.17, 15) is 9.59 Å². The van der Waals surface area contributed by atoms with Gasteiger partial charge in [-0.05, 0) is 6.92 Å². The molecule has 0 radical (unpaired) electrons. The third-order valence-corrected chi connectivity index (χ3v) is 1.30. The molecule has 0 aromatic heterocycles. The summed E-state index contributed by atoms with van der Waals surface area (Å²) in [4.78, 5) is 21.1. The number of hydrogen-bond donors (Lipinski definition) is 4. The molecule has 0 bridgehead atoms. The Balaban J connectivity index is 3.76. The summed E-state index contributed by atoms with van der Waals surface area (Å²) in [5, 5.41) is 19.4. The number of hydrogen-bond acceptors (Lipinski definition) is 4. The highest BCUT2D eigenvalue weighted by atomic mass is 16.4. The van der Waals surface area contributed by atoms with Gasteiger partial charge in [-0.1, -0.05) is 0 Å². The average molecular weight is 190 g/mol. The highest BCUT2D eigenvalue weighted by Gasteiger charge is 2.16. The fourth-order valence-electron chi connectivity index (χ4n) is 0.660. The largest absolute Gasteiger partial charge is 0.481 e. The molecule has 6 nitrogen and oxygen atoms in total. The molecule has 5 N–H and O–H groups in total. The molecule has 0 saturated heterocycles. The molecule has 0 saturated carbocycles. The predicted octanol–water partition coefficient (Wildman–Crippen LogP) is -1.71. The Morgan fingerprint density at radius 3 is 2.46 bits per heavy atom. The van der Waals surface area contributed by atoms with Crippen LogP contribution in [0.1, 0.15) is 13.3 Å². The summed E-state index contributed by atoms with van der Waals surface area (Å²) in [5.74, 6) is -1.69. The van der Waals surface area contributed by atoms with Gasteiger partial charge in [0, 0.05) is 6.54 Å². The number of aliphatic hydroxyl groups is 1. The Morgan fingerprint density at radius 2 is 2.08 bits per heavy atom. The van der Waals surface area contributed by atoms with Crippen molar-refractivity contribution in [2.24, 2.45) is 5.73 Å². The van der Waals surface area contributed by atoms with Gasteiger partial charge in [0.15, 0.2) is 0 Å². The molecule has 0 aliphatic carbocycles. The summed E-state index contributed by atoms with van der Waals surface area (Å²) in [6.45, 7) is 1.58. The lowest BCUT2D eigenvalue weighted by Gasteiger charge is -2.10. The SMILES string of the molecule is C[C@@H](O)CNC(=O)C(N)CC(=O)O. The van der Waals surface area contributed by atoms with Crippen molar-refractivity contribution >= 4 is 11.9 Å². The number of nitrogens with one attached hydrogen (secondary N) is 1. The summed E-state index contributed by atoms with van der Waals surface area (Å²) >= 11 is 0. The first kappa shape index (κ1) is 11.9. The lowest BCUT2D eigenvalue weighted by molar-refractivity contribution is -0.139. The number of carboxylic acid groups (broad SMARTS) is 1. The quantitative estimate of drug-likeness (QED) is 0.412. The maximum Gasteiger partial charge on any atom is 0.305 e. The second-order valence-corrected chi connectivity index (χ2v) is 2.80. The molecule has 6 heteroatoms. The van der Waals surface area contributed by atoms with E-state index in [1.54, 1.807) is 0 Å². The van der Waals surface area contributed by atoms with Crippen LogP contribution in [-0.4, -0.2) is 40.8 Å². The van der Waals surface area contributed by atoms with Crippen LogP contribution in [0.3, 0.4) is 0 Å². The van der Waals surface area contributed by atoms with Crippen molar-refractivity contribution in [1.82, 2.24) is 5.32 Å². The van der Waals surface area contributed by atoms with E-state index in [1.165, 1.54) is 6.92 Å². The van der Waals surface area contributed by atoms with Crippen LogP contribution in [-0.2, 0) is 9.59 Å². The van der Waals surface area contributed by atoms with Crippen LogP contribution in [0.5, 0.6) is 0 Å². The highest BCUT2D eigenvalue weighted by molar-refractivity contribution is 5.85. The van der Waals surface area contributed by atoms with Gasteiger partial charge >= 0.3 is 5.97 Å². The minimum Gasteiger partial charge on any atom is -0.481 e. The molecule has 0 spiro atoms. The van der Waals surface area contributed by atoms with Crippen molar-refractivity contribution in [1.29, 1.82) is 0 Å². The topological polar surface area (TPSA) is 113 Å². The van der Waals surface area contributed by atoms with E-state index in [-0.39, 0.29) is 6.54 Å². The molecule has 0 aliphatic rings. The number of carbonyl (C=O) groups excluding carboxylic acids is 1. The van der Waals surface area contributed by atoms with Crippen molar-refractivity contribution in [3.8, 4) is 0 Å². The van der Waals surface area contributed by atoms with Gasteiger partial charge in [0.25, 0.3) is 0 Å². The van der Waals surface area contributed by atoms with Gasteiger partial charge in [-0.2, -0.15) is 0 Å². The molecule has 76 valence electrons. The van der Waals surface area contributed by atoms with Crippen LogP contribution in [0, 0.1) is 0 Å². The monoisotopic (exact) mass is 190 g/mol. The first-order valence-electron chi connectivity index (χ1n) is 3.86. The summed E-state index contributed by atoms with van der Waals surface area (Å²) in [6, 6.07) is -1.06. The maximum atomic E-state index is 11.0. The number of amides is 1. The molecule has 1 amide bonds. The van der Waals surface area contributed by atoms with Gasteiger partial charge in [-0.3, -0.25) is 9.59 Å². The summed E-state index contributed by atoms with van der Waals surface area (Å²) < 4.78 is 0. The highest BCUT2D eigenvalue weighted by Crippen LogP contribution is 1.88. The van der Waals surface area contributed by atoms with E-state index in [0.717, 1.165) is 0 Å². The Morgan fingerprint density at radius 1 is 1.54 bits per heavy atom. The molecule has 0 heterocycles. The van der Waals surface area contributed by atoms with E-state index >= 15 is 0 Å². The van der Waals surface area contributed by atoms with Crippen LogP contribution < -0.4 is 11.1 Å². The van der Waals surface area contributed by atoms with Crippen LogP contribution in [0.15, 0.2) is 0 Å². The van der Waals surface area contributed by atoms with Gasteiger partial charge in [0.1, 0.15) is 0 Å². The first-order chi connectivity index (χ1) is 5.93. The molecule has 0 rings (SSSR count). The van der Waals surface area contributed by atoms with E-state index in [2.05, 4.69) is 5.32 Å². The van der Waals surface area contributed by atoms with Crippen molar-refractivity contribution in [3.63, 3.8) is 0 Å². The third kappa shape index (κ3) is 6.06. The second kappa shape index (κ2) is 5.50. The van der Waals surface area contributed by atoms with E-state index in [4.69, 9.17) is 15.9 Å². The molecule has 0 aromatic rings. The fourth-order valence-corrected chi connectivity index (χ4v) is 0.660. The van der Waals surface area contributed by atoms with Gasteiger partial charge < -0.3 is 21.3 Å². The molecule has 13 heavy (non-hydrogen) atoms. The number of carbonyl (C=O) groups is 2. The zero-order valence-electron chi connectivity index (χ0n) is 7.36. The summed E-state index contributed by atoms with van der Waals surface area (Å²) in [5.41, 5.74) is 5.23. The van der Waals surface area contributed by atoms with Crippen LogP contribution in [0.25, 0.3) is 0 Å². The van der Waals surface area contributed by atoms with Crippen molar-refractivity contribution in [2.45, 2.75) is 25.5 Å². The number of aliphatic hydroxyl groups excluding tert-OH is 1. The molecule has 1 unspecified atom stereocenters. The third-order valence-electron chi connectivity index (χ3n) is 1.30. The standard InChI is InChI=1S/C7H14N2O4/c1-4(10)3-9-7(13)5(8)2-6(11)12/h4-5,10H,2-3,8H2,1H3,(H,9,13)(H,11,12)/t4-,5?/m1/s1. The number of rotatable bonds is 5. The van der Waals surface area contributed by atoms with E-state index in [0.29, 0.717) is 0 Å². The van der Waals surface area contributed by atoms with Crippen molar-refractivity contribution in [3.05, 3.63) is 0 Å². The van der Waals surface area contributed by atoms with Crippen molar-refractivity contribution in [2.75, 3.05) is 6.54 Å². The predicted molar refractivity (Wildman–Crippen MR) is 44.9 cm³/mol. The normalized spacial score (nSPS) is 14.7.